The van der Waals surface area contributed by atoms with E-state index in [1.54, 1.807) is 0 Å². The molecule has 3 aromatic carbocycles. The van der Waals surface area contributed by atoms with Crippen molar-refractivity contribution in [2.45, 2.75) is 6.42 Å². The smallest absolute Gasteiger partial charge is 0.358 e. The molecule has 0 heterocycles. The van der Waals surface area contributed by atoms with E-state index in [2.05, 4.69) is 72.8 Å². The summed E-state index contributed by atoms with van der Waals surface area (Å²) < 4.78 is 0. The van der Waals surface area contributed by atoms with Crippen molar-refractivity contribution in [2.75, 3.05) is 0 Å². The van der Waals surface area contributed by atoms with E-state index in [4.69, 9.17) is 0 Å². The average molecular weight is 481 g/mol. The summed E-state index contributed by atoms with van der Waals surface area (Å²) in [5, 5.41) is 5.26. The van der Waals surface area contributed by atoms with Crippen LogP contribution in [0.15, 0.2) is 66.7 Å². The van der Waals surface area contributed by atoms with Crippen molar-refractivity contribution in [2.24, 2.45) is 0 Å². The third-order valence-electron chi connectivity index (χ3n) is 3.77. The summed E-state index contributed by atoms with van der Waals surface area (Å²) in [5.41, 5.74) is 2.51. The number of fused-ring (bicyclic) bond motifs is 3. The third-order valence-corrected chi connectivity index (χ3v) is 3.77. The molecule has 0 saturated carbocycles. The maximum Gasteiger partial charge on any atom is 4.00 e. The summed E-state index contributed by atoms with van der Waals surface area (Å²) in [5.74, 6) is 0. The van der Waals surface area contributed by atoms with E-state index >= 15 is 0 Å². The second-order valence-electron chi connectivity index (χ2n) is 4.88. The Morgan fingerprint density at radius 2 is 1.43 bits per heavy atom. The predicted molar refractivity (Wildman–Crippen MR) is 101 cm³/mol. The molecule has 0 aromatic heterocycles. The first-order valence-corrected chi connectivity index (χ1v) is 6.62. The molecule has 0 unspecified atom stereocenters. The zero-order valence-electron chi connectivity index (χ0n) is 13.9. The van der Waals surface area contributed by atoms with E-state index in [0.29, 0.717) is 0 Å². The fourth-order valence-electron chi connectivity index (χ4n) is 2.86. The second kappa shape index (κ2) is 8.84. The van der Waals surface area contributed by atoms with Gasteiger partial charge in [0.2, 0.25) is 0 Å². The fourth-order valence-corrected chi connectivity index (χ4v) is 2.86. The molecule has 0 spiro atoms. The molecule has 0 aliphatic heterocycles. The van der Waals surface area contributed by atoms with Crippen LogP contribution in [0.1, 0.15) is 12.0 Å². The molecule has 3 aromatic rings. The maximum atomic E-state index is 3.42. The molecule has 0 saturated heterocycles. The van der Waals surface area contributed by atoms with Crippen molar-refractivity contribution >= 4 is 27.1 Å². The zero-order chi connectivity index (χ0) is 12.7. The summed E-state index contributed by atoms with van der Waals surface area (Å²) in [6.07, 6.45) is 8.68. The van der Waals surface area contributed by atoms with Crippen LogP contribution in [0, 0.1) is 28.4 Å². The van der Waals surface area contributed by atoms with Crippen LogP contribution >= 0.6 is 0 Å². The molecule has 0 N–H and O–H groups in total. The van der Waals surface area contributed by atoms with Crippen molar-refractivity contribution in [1.82, 2.24) is 0 Å². The SMILES string of the molecule is [C-]1=C(c2cccc3c2ccc2ccccc23)C=CC1.[CH3-].[CH3-].[CH3-].[Pt+4]. The molecule has 120 valence electrons. The Kier molecular flexibility index (Phi) is 8.21. The number of hydrogen-bond donors (Lipinski definition) is 0. The molecule has 0 amide bonds. The van der Waals surface area contributed by atoms with Gasteiger partial charge in [0, 0.05) is 0 Å². The van der Waals surface area contributed by atoms with Gasteiger partial charge in [-0.05, 0) is 16.2 Å². The van der Waals surface area contributed by atoms with Crippen LogP contribution in [-0.4, -0.2) is 0 Å². The maximum absolute atomic E-state index is 3.42. The third kappa shape index (κ3) is 3.65. The van der Waals surface area contributed by atoms with E-state index in [-0.39, 0.29) is 43.3 Å². The molecular weight excluding hydrogens is 459 g/mol. The Morgan fingerprint density at radius 3 is 2.17 bits per heavy atom. The van der Waals surface area contributed by atoms with Gasteiger partial charge in [0.25, 0.3) is 0 Å². The van der Waals surface area contributed by atoms with Gasteiger partial charge in [0.05, 0.1) is 0 Å². The summed E-state index contributed by atoms with van der Waals surface area (Å²) >= 11 is 0. The van der Waals surface area contributed by atoms with Crippen LogP contribution in [0.5, 0.6) is 0 Å². The molecule has 0 bridgehead atoms. The van der Waals surface area contributed by atoms with Gasteiger partial charge < -0.3 is 22.3 Å². The van der Waals surface area contributed by atoms with Crippen LogP contribution in [0.2, 0.25) is 0 Å². The van der Waals surface area contributed by atoms with E-state index in [9.17, 15) is 0 Å². The molecule has 0 radical (unpaired) electrons. The standard InChI is InChI=1S/C19H13.3CH3.Pt/c1-2-7-14(6-1)17-10-5-11-18-16-9-4-3-8-15(16)12-13-19(17)18;;;;/h1,3-6,8-13H,2H2;3*1H3;/q4*-1;+4. The van der Waals surface area contributed by atoms with E-state index in [0.717, 1.165) is 6.42 Å². The first-order valence-electron chi connectivity index (χ1n) is 6.62. The van der Waals surface area contributed by atoms with E-state index < -0.39 is 0 Å². The number of allylic oxidation sites excluding steroid dienone is 4. The van der Waals surface area contributed by atoms with Crippen molar-refractivity contribution < 1.29 is 21.1 Å². The largest absolute Gasteiger partial charge is 4.00 e. The number of rotatable bonds is 1. The molecule has 1 aliphatic rings. The van der Waals surface area contributed by atoms with Crippen molar-refractivity contribution in [1.29, 1.82) is 0 Å². The van der Waals surface area contributed by atoms with Gasteiger partial charge in [-0.3, -0.25) is 0 Å². The quantitative estimate of drug-likeness (QED) is 0.275. The van der Waals surface area contributed by atoms with Gasteiger partial charge in [-0.1, -0.05) is 60.3 Å². The minimum absolute atomic E-state index is 0. The molecule has 23 heavy (non-hydrogen) atoms. The molecule has 1 heteroatoms. The van der Waals surface area contributed by atoms with Gasteiger partial charge in [0.1, 0.15) is 0 Å². The molecular formula is C22H22Pt. The van der Waals surface area contributed by atoms with Crippen LogP contribution in [0.25, 0.3) is 27.1 Å². The number of benzene rings is 3. The van der Waals surface area contributed by atoms with Gasteiger partial charge in [-0.15, -0.1) is 17.7 Å². The second-order valence-corrected chi connectivity index (χ2v) is 4.88. The Hall–Kier alpha value is -1.65. The first kappa shape index (κ1) is 21.3. The Balaban J connectivity index is 0.00000121. The Bertz CT molecular complexity index is 841. The Morgan fingerprint density at radius 1 is 0.696 bits per heavy atom. The van der Waals surface area contributed by atoms with Gasteiger partial charge in [-0.2, -0.15) is 17.7 Å². The van der Waals surface area contributed by atoms with Crippen LogP contribution in [0.3, 0.4) is 0 Å². The Labute approximate surface area is 155 Å². The van der Waals surface area contributed by atoms with E-state index in [1.165, 1.54) is 32.7 Å². The monoisotopic (exact) mass is 481 g/mol. The topological polar surface area (TPSA) is 0 Å². The van der Waals surface area contributed by atoms with Crippen LogP contribution in [-0.2, 0) is 21.1 Å². The summed E-state index contributed by atoms with van der Waals surface area (Å²) in [6.45, 7) is 0. The van der Waals surface area contributed by atoms with E-state index in [1.807, 2.05) is 0 Å². The van der Waals surface area contributed by atoms with Gasteiger partial charge >= 0.3 is 21.1 Å². The minimum atomic E-state index is 0. The van der Waals surface area contributed by atoms with Gasteiger partial charge in [-0.25, -0.2) is 0 Å². The van der Waals surface area contributed by atoms with Gasteiger partial charge in [0.15, 0.2) is 0 Å². The molecule has 0 nitrogen and oxygen atoms in total. The van der Waals surface area contributed by atoms with Crippen LogP contribution < -0.4 is 0 Å². The average Bonchev–Trinajstić information content (AvgIpc) is 3.00. The minimum Gasteiger partial charge on any atom is -0.358 e. The van der Waals surface area contributed by atoms with Crippen molar-refractivity contribution in [3.05, 3.63) is 101 Å². The van der Waals surface area contributed by atoms with Crippen LogP contribution in [0.4, 0.5) is 0 Å². The van der Waals surface area contributed by atoms with Crippen molar-refractivity contribution in [3.63, 3.8) is 0 Å². The zero-order valence-corrected chi connectivity index (χ0v) is 16.1. The predicted octanol–water partition coefficient (Wildman–Crippen LogP) is 6.49. The first-order chi connectivity index (χ1) is 9.43. The summed E-state index contributed by atoms with van der Waals surface area (Å²) in [6, 6.07) is 19.5. The summed E-state index contributed by atoms with van der Waals surface area (Å²) in [4.78, 5) is 0. The molecule has 1 aliphatic carbocycles. The molecule has 0 fully saturated rings. The summed E-state index contributed by atoms with van der Waals surface area (Å²) in [7, 11) is 0. The fraction of sp³-hybridized carbons (Fsp3) is 0.0455. The molecule has 4 rings (SSSR count). The number of hydrogen-bond acceptors (Lipinski definition) is 0. The molecule has 0 atom stereocenters. The normalized spacial score (nSPS) is 11.7. The van der Waals surface area contributed by atoms with Crippen molar-refractivity contribution in [3.8, 4) is 0 Å².